The average Bonchev–Trinajstić information content (AvgIpc) is 2.96. The molecule has 2 aromatic rings. The number of amides is 1. The molecule has 2 heterocycles. The first-order valence-corrected chi connectivity index (χ1v) is 8.50. The van der Waals surface area contributed by atoms with E-state index in [0.717, 1.165) is 37.1 Å². The molecule has 0 radical (unpaired) electrons. The topological polar surface area (TPSA) is 54.0 Å². The minimum atomic E-state index is -0.0799. The third kappa shape index (κ3) is 3.36. The molecule has 1 aliphatic heterocycles. The lowest BCUT2D eigenvalue weighted by Gasteiger charge is -2.20. The number of thiazole rings is 1. The molecule has 0 bridgehead atoms. The van der Waals surface area contributed by atoms with Crippen molar-refractivity contribution in [1.29, 1.82) is 0 Å². The van der Waals surface area contributed by atoms with E-state index in [-0.39, 0.29) is 5.91 Å². The van der Waals surface area contributed by atoms with Gasteiger partial charge in [-0.2, -0.15) is 0 Å². The van der Waals surface area contributed by atoms with Gasteiger partial charge in [-0.3, -0.25) is 10.1 Å². The molecule has 5 heteroatoms. The van der Waals surface area contributed by atoms with Crippen molar-refractivity contribution in [1.82, 2.24) is 10.3 Å². The van der Waals surface area contributed by atoms with Gasteiger partial charge in [0, 0.05) is 16.6 Å². The Kier molecular flexibility index (Phi) is 4.55. The van der Waals surface area contributed by atoms with E-state index in [4.69, 9.17) is 0 Å². The molecule has 116 valence electrons. The molecule has 0 unspecified atom stereocenters. The standard InChI is InChI=1S/C17H21N3OS/c1-11-3-4-14(12(2)9-11)16(21)20-17-19-10-15(22-17)13-5-7-18-8-6-13/h3-4,9-10,13,18H,5-8H2,1-2H3,(H,19,20,21). The van der Waals surface area contributed by atoms with E-state index in [0.29, 0.717) is 16.6 Å². The van der Waals surface area contributed by atoms with Crippen LogP contribution in [0.25, 0.3) is 0 Å². The number of piperidine rings is 1. The van der Waals surface area contributed by atoms with Gasteiger partial charge in [0.1, 0.15) is 0 Å². The smallest absolute Gasteiger partial charge is 0.257 e. The van der Waals surface area contributed by atoms with Gasteiger partial charge in [-0.25, -0.2) is 4.98 Å². The van der Waals surface area contributed by atoms with E-state index >= 15 is 0 Å². The molecular formula is C17H21N3OS. The van der Waals surface area contributed by atoms with Crippen LogP contribution in [-0.4, -0.2) is 24.0 Å². The monoisotopic (exact) mass is 315 g/mol. The number of hydrogen-bond acceptors (Lipinski definition) is 4. The summed E-state index contributed by atoms with van der Waals surface area (Å²) in [6.07, 6.45) is 4.21. The minimum absolute atomic E-state index is 0.0799. The lowest BCUT2D eigenvalue weighted by molar-refractivity contribution is 0.102. The third-order valence-electron chi connectivity index (χ3n) is 4.11. The van der Waals surface area contributed by atoms with Crippen LogP contribution in [0.1, 0.15) is 45.1 Å². The van der Waals surface area contributed by atoms with E-state index in [9.17, 15) is 4.79 Å². The summed E-state index contributed by atoms with van der Waals surface area (Å²) in [6.45, 7) is 6.12. The highest BCUT2D eigenvalue weighted by Gasteiger charge is 2.18. The fourth-order valence-electron chi connectivity index (χ4n) is 2.87. The van der Waals surface area contributed by atoms with Crippen molar-refractivity contribution in [3.8, 4) is 0 Å². The van der Waals surface area contributed by atoms with Gasteiger partial charge in [-0.1, -0.05) is 17.7 Å². The molecule has 0 aliphatic carbocycles. The molecule has 1 aliphatic rings. The number of carbonyl (C=O) groups is 1. The van der Waals surface area contributed by atoms with Crippen molar-refractivity contribution in [2.24, 2.45) is 0 Å². The van der Waals surface area contributed by atoms with E-state index in [1.165, 1.54) is 4.88 Å². The maximum atomic E-state index is 12.4. The molecule has 0 saturated carbocycles. The molecular weight excluding hydrogens is 294 g/mol. The first kappa shape index (κ1) is 15.2. The van der Waals surface area contributed by atoms with Gasteiger partial charge in [-0.05, 0) is 57.3 Å². The fourth-order valence-corrected chi connectivity index (χ4v) is 3.85. The maximum Gasteiger partial charge on any atom is 0.257 e. The van der Waals surface area contributed by atoms with Crippen LogP contribution < -0.4 is 10.6 Å². The van der Waals surface area contributed by atoms with Crippen molar-refractivity contribution >= 4 is 22.4 Å². The van der Waals surface area contributed by atoms with Crippen LogP contribution in [0.15, 0.2) is 24.4 Å². The molecule has 4 nitrogen and oxygen atoms in total. The van der Waals surface area contributed by atoms with Crippen molar-refractivity contribution < 1.29 is 4.79 Å². The summed E-state index contributed by atoms with van der Waals surface area (Å²) in [6, 6.07) is 5.86. The fraction of sp³-hybridized carbons (Fsp3) is 0.412. The summed E-state index contributed by atoms with van der Waals surface area (Å²) in [5.74, 6) is 0.495. The van der Waals surface area contributed by atoms with Gasteiger partial charge in [0.15, 0.2) is 5.13 Å². The second kappa shape index (κ2) is 6.58. The van der Waals surface area contributed by atoms with E-state index in [1.54, 1.807) is 11.3 Å². The molecule has 1 saturated heterocycles. The van der Waals surface area contributed by atoms with Crippen molar-refractivity contribution in [3.63, 3.8) is 0 Å². The Labute approximate surface area is 135 Å². The number of aromatic nitrogens is 1. The Morgan fingerprint density at radius 1 is 1.32 bits per heavy atom. The first-order chi connectivity index (χ1) is 10.6. The zero-order valence-corrected chi connectivity index (χ0v) is 13.8. The Hall–Kier alpha value is -1.72. The lowest BCUT2D eigenvalue weighted by Crippen LogP contribution is -2.26. The SMILES string of the molecule is Cc1ccc(C(=O)Nc2ncc(C3CCNCC3)s2)c(C)c1. The van der Waals surface area contributed by atoms with Crippen molar-refractivity contribution in [2.75, 3.05) is 18.4 Å². The molecule has 0 spiro atoms. The number of rotatable bonds is 3. The predicted molar refractivity (Wildman–Crippen MR) is 90.8 cm³/mol. The van der Waals surface area contributed by atoms with Crippen LogP contribution in [0, 0.1) is 13.8 Å². The number of carbonyl (C=O) groups excluding carboxylic acids is 1. The Morgan fingerprint density at radius 3 is 2.82 bits per heavy atom. The highest BCUT2D eigenvalue weighted by molar-refractivity contribution is 7.15. The van der Waals surface area contributed by atoms with E-state index < -0.39 is 0 Å². The number of benzene rings is 1. The van der Waals surface area contributed by atoms with Crippen LogP contribution >= 0.6 is 11.3 Å². The molecule has 0 atom stereocenters. The van der Waals surface area contributed by atoms with E-state index in [2.05, 4.69) is 15.6 Å². The Bertz CT molecular complexity index is 674. The number of anilines is 1. The minimum Gasteiger partial charge on any atom is -0.317 e. The van der Waals surface area contributed by atoms with Gasteiger partial charge in [0.2, 0.25) is 0 Å². The zero-order chi connectivity index (χ0) is 15.5. The predicted octanol–water partition coefficient (Wildman–Crippen LogP) is 3.48. The summed E-state index contributed by atoms with van der Waals surface area (Å²) in [5.41, 5.74) is 2.87. The third-order valence-corrected chi connectivity index (χ3v) is 5.19. The largest absolute Gasteiger partial charge is 0.317 e. The summed E-state index contributed by atoms with van der Waals surface area (Å²) in [5, 5.41) is 6.99. The summed E-state index contributed by atoms with van der Waals surface area (Å²) in [4.78, 5) is 18.0. The maximum absolute atomic E-state index is 12.4. The second-order valence-electron chi connectivity index (χ2n) is 5.86. The van der Waals surface area contributed by atoms with Gasteiger partial charge < -0.3 is 5.32 Å². The van der Waals surface area contributed by atoms with E-state index in [1.807, 2.05) is 38.2 Å². The summed E-state index contributed by atoms with van der Waals surface area (Å²) in [7, 11) is 0. The van der Waals surface area contributed by atoms with Crippen LogP contribution in [-0.2, 0) is 0 Å². The second-order valence-corrected chi connectivity index (χ2v) is 6.93. The van der Waals surface area contributed by atoms with Gasteiger partial charge in [0.05, 0.1) is 0 Å². The number of aryl methyl sites for hydroxylation is 2. The summed E-state index contributed by atoms with van der Waals surface area (Å²) >= 11 is 1.60. The Morgan fingerprint density at radius 2 is 2.09 bits per heavy atom. The number of hydrogen-bond donors (Lipinski definition) is 2. The van der Waals surface area contributed by atoms with Gasteiger partial charge in [0.25, 0.3) is 5.91 Å². The van der Waals surface area contributed by atoms with Crippen molar-refractivity contribution in [3.05, 3.63) is 46.0 Å². The van der Waals surface area contributed by atoms with Gasteiger partial charge >= 0.3 is 0 Å². The quantitative estimate of drug-likeness (QED) is 0.912. The molecule has 3 rings (SSSR count). The summed E-state index contributed by atoms with van der Waals surface area (Å²) < 4.78 is 0. The molecule has 1 fully saturated rings. The average molecular weight is 315 g/mol. The van der Waals surface area contributed by atoms with Crippen LogP contribution in [0.2, 0.25) is 0 Å². The molecule has 1 amide bonds. The van der Waals surface area contributed by atoms with Crippen molar-refractivity contribution in [2.45, 2.75) is 32.6 Å². The first-order valence-electron chi connectivity index (χ1n) is 7.68. The molecule has 22 heavy (non-hydrogen) atoms. The molecule has 1 aromatic carbocycles. The van der Waals surface area contributed by atoms with Crippen LogP contribution in [0.5, 0.6) is 0 Å². The number of nitrogens with one attached hydrogen (secondary N) is 2. The lowest BCUT2D eigenvalue weighted by atomic mass is 9.97. The van der Waals surface area contributed by atoms with Gasteiger partial charge in [-0.15, -0.1) is 11.3 Å². The van der Waals surface area contributed by atoms with Crippen LogP contribution in [0.4, 0.5) is 5.13 Å². The molecule has 2 N–H and O–H groups in total. The highest BCUT2D eigenvalue weighted by Crippen LogP contribution is 2.31. The highest BCUT2D eigenvalue weighted by atomic mass is 32.1. The number of nitrogens with zero attached hydrogens (tertiary/aromatic N) is 1. The zero-order valence-electron chi connectivity index (χ0n) is 13.0. The molecule has 1 aromatic heterocycles. The Balaban J connectivity index is 1.70. The van der Waals surface area contributed by atoms with Crippen LogP contribution in [0.3, 0.4) is 0 Å². The normalized spacial score (nSPS) is 15.7.